The molecule has 0 fully saturated rings. The number of rotatable bonds is 5. The van der Waals surface area contributed by atoms with Crippen molar-refractivity contribution in [3.8, 4) is 0 Å². The number of fused-ring (bicyclic) bond motifs is 1. The minimum Gasteiger partial charge on any atom is -0.308 e. The van der Waals surface area contributed by atoms with Gasteiger partial charge in [0.05, 0.1) is 0 Å². The molecule has 102 valence electrons. The second kappa shape index (κ2) is 6.16. The lowest BCUT2D eigenvalue weighted by molar-refractivity contribution is 0.704. The Labute approximate surface area is 123 Å². The van der Waals surface area contributed by atoms with Crippen molar-refractivity contribution in [2.75, 3.05) is 0 Å². The average Bonchev–Trinajstić information content (AvgIpc) is 2.95. The van der Waals surface area contributed by atoms with Crippen molar-refractivity contribution in [1.82, 2.24) is 10.3 Å². The summed E-state index contributed by atoms with van der Waals surface area (Å²) in [6.07, 6.45) is 4.91. The summed E-state index contributed by atoms with van der Waals surface area (Å²) in [5.74, 6) is 0. The van der Waals surface area contributed by atoms with Crippen LogP contribution in [0.15, 0.2) is 48.8 Å². The summed E-state index contributed by atoms with van der Waals surface area (Å²) in [5.41, 5.74) is 1.33. The second-order valence-electron chi connectivity index (χ2n) is 4.84. The van der Waals surface area contributed by atoms with Crippen LogP contribution < -0.4 is 5.32 Å². The summed E-state index contributed by atoms with van der Waals surface area (Å²) in [5, 5.41) is 6.03. The molecule has 0 atom stereocenters. The minimum atomic E-state index is 0.890. The summed E-state index contributed by atoms with van der Waals surface area (Å²) in [6.45, 7) is 4.03. The van der Waals surface area contributed by atoms with Crippen LogP contribution in [-0.2, 0) is 19.5 Å². The van der Waals surface area contributed by atoms with Crippen LogP contribution in [0.25, 0.3) is 10.8 Å². The van der Waals surface area contributed by atoms with E-state index in [1.54, 1.807) is 0 Å². The van der Waals surface area contributed by atoms with E-state index in [1.807, 2.05) is 23.7 Å². The highest BCUT2D eigenvalue weighted by atomic mass is 32.1. The third-order valence-electron chi connectivity index (χ3n) is 3.45. The maximum atomic E-state index is 4.18. The van der Waals surface area contributed by atoms with Crippen molar-refractivity contribution in [3.05, 3.63) is 64.1 Å². The van der Waals surface area contributed by atoms with E-state index in [2.05, 4.69) is 53.6 Å². The van der Waals surface area contributed by atoms with Gasteiger partial charge in [-0.25, -0.2) is 0 Å². The van der Waals surface area contributed by atoms with Gasteiger partial charge in [0, 0.05) is 40.6 Å². The van der Waals surface area contributed by atoms with Gasteiger partial charge in [-0.1, -0.05) is 25.1 Å². The molecular formula is C17H18N2S. The molecule has 0 aliphatic heterocycles. The Kier molecular flexibility index (Phi) is 4.09. The van der Waals surface area contributed by atoms with Gasteiger partial charge in [0.1, 0.15) is 0 Å². The number of thiophene rings is 1. The molecule has 0 bridgehead atoms. The molecule has 3 heteroatoms. The first-order valence-electron chi connectivity index (χ1n) is 6.96. The Morgan fingerprint density at radius 3 is 2.80 bits per heavy atom. The Hall–Kier alpha value is -1.71. The maximum absolute atomic E-state index is 4.18. The van der Waals surface area contributed by atoms with Crippen LogP contribution in [0.5, 0.6) is 0 Å². The fourth-order valence-electron chi connectivity index (χ4n) is 2.37. The topological polar surface area (TPSA) is 24.9 Å². The monoisotopic (exact) mass is 282 g/mol. The Morgan fingerprint density at radius 2 is 1.95 bits per heavy atom. The predicted molar refractivity (Wildman–Crippen MR) is 86.0 cm³/mol. The number of aromatic nitrogens is 1. The van der Waals surface area contributed by atoms with Gasteiger partial charge >= 0.3 is 0 Å². The number of pyridine rings is 1. The molecular weight excluding hydrogens is 264 g/mol. The molecule has 1 aromatic carbocycles. The van der Waals surface area contributed by atoms with Gasteiger partial charge < -0.3 is 5.32 Å². The van der Waals surface area contributed by atoms with Gasteiger partial charge in [-0.05, 0) is 35.6 Å². The van der Waals surface area contributed by atoms with E-state index in [9.17, 15) is 0 Å². The molecule has 0 spiro atoms. The normalized spacial score (nSPS) is 11.1. The SMILES string of the molecule is CCc1ccc(CNCc2cccc3cnccc23)s1. The van der Waals surface area contributed by atoms with Crippen LogP contribution in [0.2, 0.25) is 0 Å². The van der Waals surface area contributed by atoms with Crippen LogP contribution in [0.4, 0.5) is 0 Å². The molecule has 0 aliphatic carbocycles. The number of hydrogen-bond acceptors (Lipinski definition) is 3. The number of hydrogen-bond donors (Lipinski definition) is 1. The van der Waals surface area contributed by atoms with Crippen LogP contribution in [-0.4, -0.2) is 4.98 Å². The highest BCUT2D eigenvalue weighted by Crippen LogP contribution is 2.19. The van der Waals surface area contributed by atoms with Crippen LogP contribution in [0.3, 0.4) is 0 Å². The molecule has 2 aromatic heterocycles. The number of aryl methyl sites for hydroxylation is 1. The highest BCUT2D eigenvalue weighted by Gasteiger charge is 2.02. The molecule has 2 heterocycles. The molecule has 0 radical (unpaired) electrons. The molecule has 3 rings (SSSR count). The predicted octanol–water partition coefficient (Wildman–Crippen LogP) is 4.15. The second-order valence-corrected chi connectivity index (χ2v) is 6.09. The average molecular weight is 282 g/mol. The van der Waals surface area contributed by atoms with Crippen molar-refractivity contribution in [3.63, 3.8) is 0 Å². The Balaban J connectivity index is 1.68. The minimum absolute atomic E-state index is 0.890. The molecule has 1 N–H and O–H groups in total. The third kappa shape index (κ3) is 2.89. The van der Waals surface area contributed by atoms with Gasteiger partial charge in [0.2, 0.25) is 0 Å². The van der Waals surface area contributed by atoms with Gasteiger partial charge in [0.25, 0.3) is 0 Å². The molecule has 3 aromatic rings. The van der Waals surface area contributed by atoms with Gasteiger partial charge in [0.15, 0.2) is 0 Å². The fourth-order valence-corrected chi connectivity index (χ4v) is 3.30. The number of benzene rings is 1. The van der Waals surface area contributed by atoms with Gasteiger partial charge in [-0.3, -0.25) is 4.98 Å². The van der Waals surface area contributed by atoms with E-state index in [-0.39, 0.29) is 0 Å². The van der Waals surface area contributed by atoms with Gasteiger partial charge in [-0.15, -0.1) is 11.3 Å². The Bertz CT molecular complexity index is 698. The summed E-state index contributed by atoms with van der Waals surface area (Å²) in [4.78, 5) is 7.04. The summed E-state index contributed by atoms with van der Waals surface area (Å²) in [6, 6.07) is 12.9. The van der Waals surface area contributed by atoms with Crippen LogP contribution >= 0.6 is 11.3 Å². The number of nitrogens with zero attached hydrogens (tertiary/aromatic N) is 1. The van der Waals surface area contributed by atoms with E-state index >= 15 is 0 Å². The highest BCUT2D eigenvalue weighted by molar-refractivity contribution is 7.11. The Morgan fingerprint density at radius 1 is 1.05 bits per heavy atom. The first-order valence-corrected chi connectivity index (χ1v) is 7.78. The molecule has 0 unspecified atom stereocenters. The number of nitrogens with one attached hydrogen (secondary N) is 1. The van der Waals surface area contributed by atoms with E-state index < -0.39 is 0 Å². The molecule has 2 nitrogen and oxygen atoms in total. The lowest BCUT2D eigenvalue weighted by Crippen LogP contribution is -2.11. The summed E-state index contributed by atoms with van der Waals surface area (Å²) >= 11 is 1.90. The molecule has 0 aliphatic rings. The van der Waals surface area contributed by atoms with E-state index in [4.69, 9.17) is 0 Å². The van der Waals surface area contributed by atoms with Gasteiger partial charge in [-0.2, -0.15) is 0 Å². The van der Waals surface area contributed by atoms with Crippen LogP contribution in [0, 0.1) is 0 Å². The quantitative estimate of drug-likeness (QED) is 0.760. The van der Waals surface area contributed by atoms with Crippen molar-refractivity contribution >= 4 is 22.1 Å². The standard InChI is InChI=1S/C17H18N2S/c1-2-15-6-7-16(20-15)12-19-11-14-5-3-4-13-10-18-9-8-17(13)14/h3-10,19H,2,11-12H2,1H3. The molecule has 0 saturated carbocycles. The largest absolute Gasteiger partial charge is 0.308 e. The third-order valence-corrected chi connectivity index (χ3v) is 4.68. The molecule has 20 heavy (non-hydrogen) atoms. The van der Waals surface area contributed by atoms with Crippen molar-refractivity contribution < 1.29 is 0 Å². The first-order chi connectivity index (χ1) is 9.86. The zero-order valence-corrected chi connectivity index (χ0v) is 12.4. The fraction of sp³-hybridized carbons (Fsp3) is 0.235. The molecule has 0 saturated heterocycles. The van der Waals surface area contributed by atoms with Crippen molar-refractivity contribution in [1.29, 1.82) is 0 Å². The zero-order chi connectivity index (χ0) is 13.8. The lowest BCUT2D eigenvalue weighted by Gasteiger charge is -2.07. The van der Waals surface area contributed by atoms with Crippen molar-refractivity contribution in [2.45, 2.75) is 26.4 Å². The van der Waals surface area contributed by atoms with E-state index in [1.165, 1.54) is 26.1 Å². The van der Waals surface area contributed by atoms with Crippen LogP contribution in [0.1, 0.15) is 22.2 Å². The lowest BCUT2D eigenvalue weighted by atomic mass is 10.1. The van der Waals surface area contributed by atoms with E-state index in [0.717, 1.165) is 19.5 Å². The summed E-state index contributed by atoms with van der Waals surface area (Å²) < 4.78 is 0. The molecule has 0 amide bonds. The first kappa shape index (κ1) is 13.3. The maximum Gasteiger partial charge on any atom is 0.0346 e. The summed E-state index contributed by atoms with van der Waals surface area (Å²) in [7, 11) is 0. The zero-order valence-electron chi connectivity index (χ0n) is 11.6. The smallest absolute Gasteiger partial charge is 0.0346 e. The van der Waals surface area contributed by atoms with E-state index in [0.29, 0.717) is 0 Å². The van der Waals surface area contributed by atoms with Crippen molar-refractivity contribution in [2.24, 2.45) is 0 Å².